The Hall–Kier alpha value is -0.810. The Kier molecular flexibility index (Phi) is 4.23. The van der Waals surface area contributed by atoms with E-state index >= 15 is 0 Å². The van der Waals surface area contributed by atoms with Crippen LogP contribution in [-0.2, 0) is 0 Å². The maximum Gasteiger partial charge on any atom is 0.120 e. The highest BCUT2D eigenvalue weighted by atomic mass is 127. The number of hydrogen-bond acceptors (Lipinski definition) is 2. The molecule has 0 saturated carbocycles. The Morgan fingerprint density at radius 1 is 1.06 bits per heavy atom. The molecule has 2 aromatic rings. The van der Waals surface area contributed by atoms with E-state index in [4.69, 9.17) is 4.42 Å². The van der Waals surface area contributed by atoms with Crippen molar-refractivity contribution < 1.29 is 4.42 Å². The summed E-state index contributed by atoms with van der Waals surface area (Å²) in [5.74, 6) is 0.974. The van der Waals surface area contributed by atoms with Gasteiger partial charge < -0.3 is 9.73 Å². The number of hydrogen-bond donors (Lipinski definition) is 1. The lowest BCUT2D eigenvalue weighted by atomic mass is 10.1. The second kappa shape index (κ2) is 5.69. The molecule has 90 valence electrons. The minimum absolute atomic E-state index is 0.222. The Morgan fingerprint density at radius 2 is 1.76 bits per heavy atom. The van der Waals surface area contributed by atoms with E-state index in [1.54, 1.807) is 6.26 Å². The minimum atomic E-state index is 0.222. The van der Waals surface area contributed by atoms with Gasteiger partial charge in [-0.1, -0.05) is 12.1 Å². The summed E-state index contributed by atoms with van der Waals surface area (Å²) in [6.45, 7) is 4.28. The van der Waals surface area contributed by atoms with Crippen LogP contribution in [0.1, 0.15) is 37.3 Å². The predicted molar refractivity (Wildman–Crippen MR) is 77.8 cm³/mol. The molecule has 17 heavy (non-hydrogen) atoms. The standard InChI is InChI=1S/C14H16INO/c1-10(12-5-7-13(15)8-6-12)16-11(2)14-4-3-9-17-14/h3-11,16H,1-2H3/t10?,11-/m0/s1. The quantitative estimate of drug-likeness (QED) is 0.839. The summed E-state index contributed by atoms with van der Waals surface area (Å²) in [6.07, 6.45) is 1.71. The van der Waals surface area contributed by atoms with Crippen molar-refractivity contribution >= 4 is 22.6 Å². The van der Waals surface area contributed by atoms with E-state index in [2.05, 4.69) is 66.0 Å². The number of halogens is 1. The SMILES string of the molecule is CC(N[C@@H](C)c1ccco1)c1ccc(I)cc1. The number of benzene rings is 1. The molecule has 2 atom stereocenters. The molecular formula is C14H16INO. The number of rotatable bonds is 4. The van der Waals surface area contributed by atoms with E-state index in [1.165, 1.54) is 9.13 Å². The molecule has 0 bridgehead atoms. The van der Waals surface area contributed by atoms with Crippen LogP contribution in [0, 0.1) is 3.57 Å². The Labute approximate surface area is 116 Å². The van der Waals surface area contributed by atoms with Gasteiger partial charge in [-0.25, -0.2) is 0 Å². The molecule has 0 fully saturated rings. The molecule has 1 N–H and O–H groups in total. The first-order chi connectivity index (χ1) is 8.16. The zero-order valence-electron chi connectivity index (χ0n) is 9.98. The van der Waals surface area contributed by atoms with Crippen molar-refractivity contribution in [1.29, 1.82) is 0 Å². The largest absolute Gasteiger partial charge is 0.468 e. The van der Waals surface area contributed by atoms with Crippen LogP contribution >= 0.6 is 22.6 Å². The number of nitrogens with one attached hydrogen (secondary N) is 1. The molecule has 1 unspecified atom stereocenters. The van der Waals surface area contributed by atoms with Crippen LogP contribution in [0.4, 0.5) is 0 Å². The van der Waals surface area contributed by atoms with Gasteiger partial charge in [0.25, 0.3) is 0 Å². The van der Waals surface area contributed by atoms with Crippen molar-refractivity contribution in [2.24, 2.45) is 0 Å². The zero-order valence-corrected chi connectivity index (χ0v) is 12.1. The van der Waals surface area contributed by atoms with Gasteiger partial charge in [-0.15, -0.1) is 0 Å². The fraction of sp³-hybridized carbons (Fsp3) is 0.286. The van der Waals surface area contributed by atoms with Crippen molar-refractivity contribution in [2.45, 2.75) is 25.9 Å². The molecule has 1 aromatic heterocycles. The average molecular weight is 341 g/mol. The van der Waals surface area contributed by atoms with Gasteiger partial charge in [-0.2, -0.15) is 0 Å². The van der Waals surface area contributed by atoms with Crippen LogP contribution in [0.15, 0.2) is 47.1 Å². The second-order valence-corrected chi connectivity index (χ2v) is 5.42. The summed E-state index contributed by atoms with van der Waals surface area (Å²) < 4.78 is 6.65. The first-order valence-corrected chi connectivity index (χ1v) is 6.79. The Morgan fingerprint density at radius 3 is 2.35 bits per heavy atom. The van der Waals surface area contributed by atoms with Crippen LogP contribution in [-0.4, -0.2) is 0 Å². The first-order valence-electron chi connectivity index (χ1n) is 5.71. The highest BCUT2D eigenvalue weighted by Gasteiger charge is 2.12. The molecule has 0 radical (unpaired) electrons. The lowest BCUT2D eigenvalue weighted by molar-refractivity contribution is 0.403. The van der Waals surface area contributed by atoms with Gasteiger partial charge in [0, 0.05) is 9.61 Å². The van der Waals surface area contributed by atoms with Gasteiger partial charge >= 0.3 is 0 Å². The monoisotopic (exact) mass is 341 g/mol. The van der Waals surface area contributed by atoms with Crippen molar-refractivity contribution in [3.05, 3.63) is 57.6 Å². The number of furan rings is 1. The van der Waals surface area contributed by atoms with Crippen LogP contribution in [0.2, 0.25) is 0 Å². The molecule has 0 spiro atoms. The Balaban J connectivity index is 2.01. The van der Waals surface area contributed by atoms with E-state index < -0.39 is 0 Å². The summed E-state index contributed by atoms with van der Waals surface area (Å²) in [5, 5.41) is 3.52. The molecule has 1 aromatic carbocycles. The van der Waals surface area contributed by atoms with E-state index in [9.17, 15) is 0 Å². The van der Waals surface area contributed by atoms with Crippen molar-refractivity contribution in [1.82, 2.24) is 5.32 Å². The second-order valence-electron chi connectivity index (χ2n) is 4.18. The van der Waals surface area contributed by atoms with Crippen molar-refractivity contribution in [3.63, 3.8) is 0 Å². The highest BCUT2D eigenvalue weighted by molar-refractivity contribution is 14.1. The van der Waals surface area contributed by atoms with E-state index in [1.807, 2.05) is 12.1 Å². The van der Waals surface area contributed by atoms with Gasteiger partial charge in [-0.3, -0.25) is 0 Å². The third kappa shape index (κ3) is 3.33. The van der Waals surface area contributed by atoms with Gasteiger partial charge in [0.2, 0.25) is 0 Å². The molecular weight excluding hydrogens is 325 g/mol. The summed E-state index contributed by atoms with van der Waals surface area (Å²) in [4.78, 5) is 0. The predicted octanol–water partition coefficient (Wildman–Crippen LogP) is 4.30. The molecule has 3 heteroatoms. The molecule has 2 nitrogen and oxygen atoms in total. The molecule has 2 rings (SSSR count). The van der Waals surface area contributed by atoms with Crippen molar-refractivity contribution in [3.8, 4) is 0 Å². The van der Waals surface area contributed by atoms with Crippen LogP contribution < -0.4 is 5.32 Å². The van der Waals surface area contributed by atoms with Crippen LogP contribution in [0.25, 0.3) is 0 Å². The van der Waals surface area contributed by atoms with Gasteiger partial charge in [0.1, 0.15) is 5.76 Å². The maximum absolute atomic E-state index is 5.39. The fourth-order valence-corrected chi connectivity index (χ4v) is 2.20. The van der Waals surface area contributed by atoms with Gasteiger partial charge in [-0.05, 0) is 66.3 Å². The summed E-state index contributed by atoms with van der Waals surface area (Å²) >= 11 is 2.32. The topological polar surface area (TPSA) is 25.2 Å². The molecule has 0 aliphatic rings. The molecule has 0 aliphatic carbocycles. The molecule has 1 heterocycles. The summed E-state index contributed by atoms with van der Waals surface area (Å²) in [7, 11) is 0. The summed E-state index contributed by atoms with van der Waals surface area (Å²) in [5.41, 5.74) is 1.30. The zero-order chi connectivity index (χ0) is 12.3. The average Bonchev–Trinajstić information content (AvgIpc) is 2.83. The van der Waals surface area contributed by atoms with Gasteiger partial charge in [0.15, 0.2) is 0 Å². The smallest absolute Gasteiger partial charge is 0.120 e. The highest BCUT2D eigenvalue weighted by Crippen LogP contribution is 2.20. The minimum Gasteiger partial charge on any atom is -0.468 e. The summed E-state index contributed by atoms with van der Waals surface area (Å²) in [6, 6.07) is 13.0. The third-order valence-corrected chi connectivity index (χ3v) is 3.56. The maximum atomic E-state index is 5.39. The van der Waals surface area contributed by atoms with E-state index in [0.717, 1.165) is 5.76 Å². The van der Waals surface area contributed by atoms with Crippen LogP contribution in [0.5, 0.6) is 0 Å². The molecule has 0 saturated heterocycles. The molecule has 0 aliphatic heterocycles. The Bertz CT molecular complexity index is 450. The third-order valence-electron chi connectivity index (χ3n) is 2.84. The lowest BCUT2D eigenvalue weighted by Crippen LogP contribution is -2.22. The van der Waals surface area contributed by atoms with E-state index in [0.29, 0.717) is 6.04 Å². The fourth-order valence-electron chi connectivity index (χ4n) is 1.84. The lowest BCUT2D eigenvalue weighted by Gasteiger charge is -2.18. The normalized spacial score (nSPS) is 14.5. The van der Waals surface area contributed by atoms with Gasteiger partial charge in [0.05, 0.1) is 12.3 Å². The van der Waals surface area contributed by atoms with Crippen molar-refractivity contribution in [2.75, 3.05) is 0 Å². The van der Waals surface area contributed by atoms with E-state index in [-0.39, 0.29) is 6.04 Å². The van der Waals surface area contributed by atoms with Crippen LogP contribution in [0.3, 0.4) is 0 Å². The molecule has 0 amide bonds. The first kappa shape index (κ1) is 12.6.